The predicted octanol–water partition coefficient (Wildman–Crippen LogP) is 5.59. The topological polar surface area (TPSA) is 51.1 Å². The molecule has 0 unspecified atom stereocenters. The van der Waals surface area contributed by atoms with Gasteiger partial charge in [-0.1, -0.05) is 42.5 Å². The molecule has 2 aliphatic heterocycles. The molecule has 3 heterocycles. The molecule has 4 aromatic carbocycles. The average Bonchev–Trinajstić information content (AvgIpc) is 3.45. The summed E-state index contributed by atoms with van der Waals surface area (Å²) in [6.45, 7) is 0.551. The van der Waals surface area contributed by atoms with Crippen LogP contribution < -0.4 is 5.32 Å². The van der Waals surface area contributed by atoms with E-state index in [4.69, 9.17) is 0 Å². The maximum atomic E-state index is 13.2. The van der Waals surface area contributed by atoms with Crippen LogP contribution in [-0.4, -0.2) is 16.3 Å². The second-order valence-corrected chi connectivity index (χ2v) is 9.19. The van der Waals surface area contributed by atoms with Gasteiger partial charge in [0, 0.05) is 48.0 Å². The Balaban J connectivity index is 0.00000180. The lowest BCUT2D eigenvalue weighted by Gasteiger charge is -2.23. The number of hydrogen-bond donors (Lipinski definition) is 1. The SMILES string of the molecule is O=C1NCc2c1c1c3ccccc3n3c1c1cc(c4ccccc4c21)[C@H]1C[C@@H]3CC1=O.[HH]. The summed E-state index contributed by atoms with van der Waals surface area (Å²) in [6, 6.07) is 19.2. The first kappa shape index (κ1) is 16.1. The van der Waals surface area contributed by atoms with Gasteiger partial charge < -0.3 is 9.88 Å². The Kier molecular flexibility index (Phi) is 2.67. The van der Waals surface area contributed by atoms with E-state index in [0.717, 1.165) is 61.1 Å². The number of ketones is 1. The number of rotatable bonds is 0. The summed E-state index contributed by atoms with van der Waals surface area (Å²) in [6.07, 6.45) is 1.38. The zero-order valence-electron chi connectivity index (χ0n) is 16.7. The predicted molar refractivity (Wildman–Crippen MR) is 124 cm³/mol. The quantitative estimate of drug-likeness (QED) is 0.342. The van der Waals surface area contributed by atoms with Crippen LogP contribution in [0.25, 0.3) is 43.4 Å². The van der Waals surface area contributed by atoms with E-state index in [-0.39, 0.29) is 19.3 Å². The van der Waals surface area contributed by atoms with E-state index in [2.05, 4.69) is 58.4 Å². The molecule has 0 spiro atoms. The molecule has 4 heteroatoms. The molecule has 1 saturated carbocycles. The molecule has 0 radical (unpaired) electrons. The van der Waals surface area contributed by atoms with E-state index < -0.39 is 0 Å². The number of aromatic nitrogens is 1. The van der Waals surface area contributed by atoms with Crippen molar-refractivity contribution in [2.45, 2.75) is 31.3 Å². The summed E-state index contributed by atoms with van der Waals surface area (Å²) >= 11 is 0. The van der Waals surface area contributed by atoms with Gasteiger partial charge in [-0.05, 0) is 45.8 Å². The number of Topliss-reactive ketones (excluding diaryl/α,β-unsaturated/α-hetero) is 1. The normalized spacial score (nSPS) is 21.5. The fraction of sp³-hybridized carbons (Fsp3) is 0.185. The fourth-order valence-electron chi connectivity index (χ4n) is 6.68. The largest absolute Gasteiger partial charge is 0.348 e. The van der Waals surface area contributed by atoms with E-state index in [1.807, 2.05) is 6.07 Å². The molecule has 2 atom stereocenters. The highest BCUT2D eigenvalue weighted by molar-refractivity contribution is 6.31. The van der Waals surface area contributed by atoms with Crippen molar-refractivity contribution in [3.8, 4) is 0 Å². The van der Waals surface area contributed by atoms with Crippen molar-refractivity contribution >= 4 is 55.0 Å². The van der Waals surface area contributed by atoms with Crippen LogP contribution in [0.1, 0.15) is 47.7 Å². The Morgan fingerprint density at radius 3 is 2.55 bits per heavy atom. The maximum Gasteiger partial charge on any atom is 0.252 e. The van der Waals surface area contributed by atoms with Crippen molar-refractivity contribution < 1.29 is 11.0 Å². The lowest BCUT2D eigenvalue weighted by molar-refractivity contribution is -0.118. The van der Waals surface area contributed by atoms with Gasteiger partial charge in [-0.3, -0.25) is 9.59 Å². The minimum atomic E-state index is -0.0586. The highest BCUT2D eigenvalue weighted by atomic mass is 16.2. The Morgan fingerprint density at radius 2 is 1.68 bits per heavy atom. The van der Waals surface area contributed by atoms with Crippen LogP contribution in [-0.2, 0) is 11.3 Å². The van der Waals surface area contributed by atoms with Gasteiger partial charge in [0.1, 0.15) is 5.78 Å². The molecule has 1 amide bonds. The molecule has 1 fully saturated rings. The van der Waals surface area contributed by atoms with Crippen LogP contribution in [0.5, 0.6) is 0 Å². The molecule has 1 N–H and O–H groups in total. The number of fused-ring (bicyclic) bond motifs is 14. The van der Waals surface area contributed by atoms with Crippen LogP contribution >= 0.6 is 0 Å². The minimum Gasteiger partial charge on any atom is -0.348 e. The van der Waals surface area contributed by atoms with Crippen LogP contribution in [0, 0.1) is 0 Å². The summed E-state index contributed by atoms with van der Waals surface area (Å²) in [5.74, 6) is 0.283. The zero-order chi connectivity index (χ0) is 20.4. The Hall–Kier alpha value is -3.66. The first-order valence-electron chi connectivity index (χ1n) is 11.0. The van der Waals surface area contributed by atoms with Crippen LogP contribution in [0.4, 0.5) is 0 Å². The molecular formula is C27H20N2O2. The zero-order valence-corrected chi connectivity index (χ0v) is 16.7. The van der Waals surface area contributed by atoms with Gasteiger partial charge in [0.2, 0.25) is 0 Å². The smallest absolute Gasteiger partial charge is 0.252 e. The number of benzene rings is 4. The van der Waals surface area contributed by atoms with Gasteiger partial charge in [-0.2, -0.15) is 0 Å². The molecule has 8 rings (SSSR count). The Bertz CT molecular complexity index is 1700. The van der Waals surface area contributed by atoms with Crippen molar-refractivity contribution in [1.29, 1.82) is 0 Å². The third kappa shape index (κ3) is 1.72. The number of carbonyl (C=O) groups excluding carboxylic acids is 2. The lowest BCUT2D eigenvalue weighted by Crippen LogP contribution is -2.12. The minimum absolute atomic E-state index is 0. The van der Waals surface area contributed by atoms with E-state index in [1.165, 1.54) is 5.39 Å². The number of para-hydroxylation sites is 1. The summed E-state index contributed by atoms with van der Waals surface area (Å²) in [4.78, 5) is 26.3. The third-order valence-electron chi connectivity index (χ3n) is 7.82. The van der Waals surface area contributed by atoms with Gasteiger partial charge in [-0.25, -0.2) is 0 Å². The van der Waals surface area contributed by atoms with Gasteiger partial charge >= 0.3 is 0 Å². The monoisotopic (exact) mass is 404 g/mol. The Morgan fingerprint density at radius 1 is 0.903 bits per heavy atom. The first-order chi connectivity index (χ1) is 15.2. The highest BCUT2D eigenvalue weighted by Gasteiger charge is 2.40. The van der Waals surface area contributed by atoms with Crippen molar-refractivity contribution in [2.24, 2.45) is 0 Å². The van der Waals surface area contributed by atoms with Crippen molar-refractivity contribution in [2.75, 3.05) is 0 Å². The summed E-state index contributed by atoms with van der Waals surface area (Å²) in [7, 11) is 0. The number of nitrogens with zero attached hydrogens (tertiary/aromatic N) is 1. The highest BCUT2D eigenvalue weighted by Crippen LogP contribution is 2.52. The Labute approximate surface area is 178 Å². The first-order valence-corrected chi connectivity index (χ1v) is 11.0. The van der Waals surface area contributed by atoms with Gasteiger partial charge in [0.05, 0.1) is 11.1 Å². The summed E-state index contributed by atoms with van der Waals surface area (Å²) in [5, 5.41) is 9.90. The molecular weight excluding hydrogens is 384 g/mol. The second kappa shape index (κ2) is 5.14. The molecule has 4 bridgehead atoms. The molecule has 4 nitrogen and oxygen atoms in total. The van der Waals surface area contributed by atoms with Gasteiger partial charge in [-0.15, -0.1) is 0 Å². The second-order valence-electron chi connectivity index (χ2n) is 9.19. The van der Waals surface area contributed by atoms with E-state index >= 15 is 0 Å². The van der Waals surface area contributed by atoms with Crippen LogP contribution in [0.3, 0.4) is 0 Å². The molecule has 31 heavy (non-hydrogen) atoms. The fourth-order valence-corrected chi connectivity index (χ4v) is 6.68. The van der Waals surface area contributed by atoms with E-state index in [9.17, 15) is 9.59 Å². The molecule has 0 saturated heterocycles. The number of nitrogens with one attached hydrogen (secondary N) is 1. The van der Waals surface area contributed by atoms with Gasteiger partial charge in [0.25, 0.3) is 5.91 Å². The average molecular weight is 404 g/mol. The van der Waals surface area contributed by atoms with Gasteiger partial charge in [0.15, 0.2) is 0 Å². The van der Waals surface area contributed by atoms with E-state index in [1.54, 1.807) is 0 Å². The van der Waals surface area contributed by atoms with Crippen LogP contribution in [0.15, 0.2) is 54.6 Å². The standard InChI is InChI=1S/C27H18N2O2.H2/c30-22-10-13-9-18(22)17-11-19-23(15-6-2-1-5-14(15)17)20-12-28-27(31)25(20)24-16-7-3-4-8-21(16)29(13)26(19)24;/h1-8,11,13,18H,9-10,12H2,(H,28,31);1H/t13-,18-;/m1./s1. The van der Waals surface area contributed by atoms with Crippen LogP contribution in [0.2, 0.25) is 0 Å². The number of carbonyl (C=O) groups is 2. The van der Waals surface area contributed by atoms with E-state index in [0.29, 0.717) is 18.7 Å². The third-order valence-corrected chi connectivity index (χ3v) is 7.82. The molecule has 1 aliphatic carbocycles. The van der Waals surface area contributed by atoms with Crippen molar-refractivity contribution in [3.63, 3.8) is 0 Å². The molecule has 5 aromatic rings. The number of amides is 1. The molecule has 3 aliphatic rings. The van der Waals surface area contributed by atoms with Crippen molar-refractivity contribution in [1.82, 2.24) is 9.88 Å². The number of hydrogen-bond acceptors (Lipinski definition) is 2. The summed E-state index contributed by atoms with van der Waals surface area (Å²) < 4.78 is 2.38. The molecule has 1 aromatic heterocycles. The molecule has 150 valence electrons. The maximum absolute atomic E-state index is 13.2. The lowest BCUT2D eigenvalue weighted by atomic mass is 9.84. The van der Waals surface area contributed by atoms with Crippen molar-refractivity contribution in [3.05, 3.63) is 71.3 Å². The summed E-state index contributed by atoms with van der Waals surface area (Å²) in [5.41, 5.74) is 5.32.